The van der Waals surface area contributed by atoms with Gasteiger partial charge in [-0.25, -0.2) is 25.9 Å². The quantitative estimate of drug-likeness (QED) is 0.728. The second kappa shape index (κ2) is 5.21. The summed E-state index contributed by atoms with van der Waals surface area (Å²) in [6.07, 6.45) is 0.988. The average molecular weight is 296 g/mol. The lowest BCUT2D eigenvalue weighted by Crippen LogP contribution is -2.29. The molecular weight excluding hydrogens is 283 g/mol. The van der Waals surface area contributed by atoms with E-state index in [4.69, 9.17) is 5.73 Å². The molecule has 0 heterocycles. The Labute approximate surface area is 105 Å². The molecule has 9 heteroatoms. The first-order chi connectivity index (χ1) is 8.10. The Bertz CT molecular complexity index is 620. The number of hydrogen-bond donors (Lipinski definition) is 2. The van der Waals surface area contributed by atoms with E-state index in [9.17, 15) is 21.2 Å². The third kappa shape index (κ3) is 4.59. The zero-order valence-corrected chi connectivity index (χ0v) is 11.2. The van der Waals surface area contributed by atoms with Gasteiger partial charge in [-0.3, -0.25) is 0 Å². The number of benzene rings is 1. The van der Waals surface area contributed by atoms with Gasteiger partial charge in [0.1, 0.15) is 15.7 Å². The minimum atomic E-state index is -3.96. The highest BCUT2D eigenvalue weighted by molar-refractivity contribution is 7.91. The number of anilines is 1. The Kier molecular flexibility index (Phi) is 4.30. The lowest BCUT2D eigenvalue weighted by molar-refractivity contribution is 0.578. The minimum absolute atomic E-state index is 0.0292. The number of nitrogens with one attached hydrogen (secondary N) is 1. The summed E-state index contributed by atoms with van der Waals surface area (Å²) >= 11 is 0. The zero-order chi connectivity index (χ0) is 14.0. The summed E-state index contributed by atoms with van der Waals surface area (Å²) in [5.41, 5.74) is 5.30. The molecule has 18 heavy (non-hydrogen) atoms. The molecular formula is C9H13FN2O4S2. The van der Waals surface area contributed by atoms with Gasteiger partial charge < -0.3 is 5.73 Å². The van der Waals surface area contributed by atoms with Crippen molar-refractivity contribution in [2.45, 2.75) is 4.90 Å². The smallest absolute Gasteiger partial charge is 0.240 e. The van der Waals surface area contributed by atoms with Crippen LogP contribution >= 0.6 is 0 Å². The maximum atomic E-state index is 13.0. The highest BCUT2D eigenvalue weighted by Crippen LogP contribution is 2.15. The van der Waals surface area contributed by atoms with Crippen molar-refractivity contribution in [1.82, 2.24) is 4.72 Å². The molecule has 0 spiro atoms. The van der Waals surface area contributed by atoms with Crippen LogP contribution in [-0.4, -0.2) is 35.4 Å². The molecule has 0 bridgehead atoms. The summed E-state index contributed by atoms with van der Waals surface area (Å²) in [6, 6.07) is 2.88. The maximum absolute atomic E-state index is 13.0. The lowest BCUT2D eigenvalue weighted by Gasteiger charge is -2.07. The van der Waals surface area contributed by atoms with Crippen LogP contribution in [0.3, 0.4) is 0 Å². The number of sulfonamides is 1. The third-order valence-corrected chi connectivity index (χ3v) is 4.36. The average Bonchev–Trinajstić information content (AvgIpc) is 2.13. The molecule has 3 N–H and O–H groups in total. The van der Waals surface area contributed by atoms with Crippen LogP contribution in [0.5, 0.6) is 0 Å². The largest absolute Gasteiger partial charge is 0.399 e. The monoisotopic (exact) mass is 296 g/mol. The van der Waals surface area contributed by atoms with Gasteiger partial charge in [-0.2, -0.15) is 0 Å². The summed E-state index contributed by atoms with van der Waals surface area (Å²) in [6.45, 7) is -0.280. The van der Waals surface area contributed by atoms with E-state index in [-0.39, 0.29) is 22.9 Å². The van der Waals surface area contributed by atoms with Crippen LogP contribution in [0.25, 0.3) is 0 Å². The first-order valence-electron chi connectivity index (χ1n) is 4.84. The van der Waals surface area contributed by atoms with E-state index in [0.29, 0.717) is 0 Å². The highest BCUT2D eigenvalue weighted by atomic mass is 32.2. The van der Waals surface area contributed by atoms with Crippen molar-refractivity contribution in [1.29, 1.82) is 0 Å². The fourth-order valence-corrected chi connectivity index (χ4v) is 2.88. The van der Waals surface area contributed by atoms with Crippen LogP contribution in [0.1, 0.15) is 0 Å². The fourth-order valence-electron chi connectivity index (χ4n) is 1.18. The van der Waals surface area contributed by atoms with Crippen molar-refractivity contribution in [2.75, 3.05) is 24.3 Å². The van der Waals surface area contributed by atoms with Crippen molar-refractivity contribution >= 4 is 25.5 Å². The number of sulfone groups is 1. The first-order valence-corrected chi connectivity index (χ1v) is 8.38. The number of nitrogen functional groups attached to an aromatic ring is 1. The fraction of sp³-hybridized carbons (Fsp3) is 0.333. The molecule has 1 aromatic rings. The predicted octanol–water partition coefficient (Wildman–Crippen LogP) is -0.269. The van der Waals surface area contributed by atoms with Crippen molar-refractivity contribution in [2.24, 2.45) is 0 Å². The second-order valence-electron chi connectivity index (χ2n) is 3.75. The summed E-state index contributed by atoms with van der Waals surface area (Å²) in [4.78, 5) is -0.339. The summed E-state index contributed by atoms with van der Waals surface area (Å²) in [5.74, 6) is -1.12. The van der Waals surface area contributed by atoms with Crippen LogP contribution in [0.4, 0.5) is 10.1 Å². The predicted molar refractivity (Wildman–Crippen MR) is 65.7 cm³/mol. The third-order valence-electron chi connectivity index (χ3n) is 1.97. The van der Waals surface area contributed by atoms with Crippen molar-refractivity contribution in [3.05, 3.63) is 24.0 Å². The van der Waals surface area contributed by atoms with E-state index in [1.54, 1.807) is 0 Å². The Balaban J connectivity index is 2.87. The topological polar surface area (TPSA) is 106 Å². The maximum Gasteiger partial charge on any atom is 0.240 e. The number of rotatable bonds is 5. The summed E-state index contributed by atoms with van der Waals surface area (Å²) in [7, 11) is -7.23. The molecule has 0 aliphatic rings. The Morgan fingerprint density at radius 3 is 2.33 bits per heavy atom. The van der Waals surface area contributed by atoms with E-state index in [1.165, 1.54) is 0 Å². The van der Waals surface area contributed by atoms with Gasteiger partial charge in [0.25, 0.3) is 0 Å². The zero-order valence-electron chi connectivity index (χ0n) is 9.55. The van der Waals surface area contributed by atoms with Gasteiger partial charge in [0.05, 0.1) is 10.6 Å². The molecule has 1 aromatic carbocycles. The molecule has 0 aromatic heterocycles. The lowest BCUT2D eigenvalue weighted by atomic mass is 10.3. The Morgan fingerprint density at radius 2 is 1.83 bits per heavy atom. The molecule has 0 aliphatic carbocycles. The molecule has 0 atom stereocenters. The Morgan fingerprint density at radius 1 is 1.22 bits per heavy atom. The SMILES string of the molecule is CS(=O)(=O)CCNS(=O)(=O)c1cc(N)cc(F)c1. The van der Waals surface area contributed by atoms with Crippen LogP contribution in [0.2, 0.25) is 0 Å². The first kappa shape index (κ1) is 14.9. The molecule has 0 unspecified atom stereocenters. The van der Waals surface area contributed by atoms with Crippen LogP contribution in [-0.2, 0) is 19.9 Å². The molecule has 0 radical (unpaired) electrons. The minimum Gasteiger partial charge on any atom is -0.399 e. The van der Waals surface area contributed by atoms with Crippen molar-refractivity contribution < 1.29 is 21.2 Å². The molecule has 0 amide bonds. The molecule has 0 saturated carbocycles. The van der Waals surface area contributed by atoms with Crippen LogP contribution < -0.4 is 10.5 Å². The van der Waals surface area contributed by atoms with Gasteiger partial charge in [0, 0.05) is 18.5 Å². The van der Waals surface area contributed by atoms with Gasteiger partial charge >= 0.3 is 0 Å². The number of halogens is 1. The molecule has 102 valence electrons. The van der Waals surface area contributed by atoms with Crippen LogP contribution in [0.15, 0.2) is 23.1 Å². The molecule has 0 fully saturated rings. The number of hydrogen-bond acceptors (Lipinski definition) is 5. The van der Waals surface area contributed by atoms with Gasteiger partial charge in [-0.1, -0.05) is 0 Å². The highest BCUT2D eigenvalue weighted by Gasteiger charge is 2.16. The van der Waals surface area contributed by atoms with E-state index in [1.807, 2.05) is 0 Å². The number of nitrogens with two attached hydrogens (primary N) is 1. The van der Waals surface area contributed by atoms with E-state index in [0.717, 1.165) is 24.5 Å². The second-order valence-corrected chi connectivity index (χ2v) is 7.77. The van der Waals surface area contributed by atoms with E-state index < -0.39 is 25.7 Å². The van der Waals surface area contributed by atoms with Crippen molar-refractivity contribution in [3.63, 3.8) is 0 Å². The van der Waals surface area contributed by atoms with E-state index >= 15 is 0 Å². The standard InChI is InChI=1S/C9H13FN2O4S2/c1-17(13,14)3-2-12-18(15,16)9-5-7(10)4-8(11)6-9/h4-6,12H,2-3,11H2,1H3. The molecule has 6 nitrogen and oxygen atoms in total. The van der Waals surface area contributed by atoms with E-state index in [2.05, 4.69) is 4.72 Å². The van der Waals surface area contributed by atoms with Gasteiger partial charge in [0.2, 0.25) is 10.0 Å². The Hall–Kier alpha value is -1.19. The van der Waals surface area contributed by atoms with Crippen LogP contribution in [0, 0.1) is 5.82 Å². The van der Waals surface area contributed by atoms with Gasteiger partial charge in [-0.15, -0.1) is 0 Å². The van der Waals surface area contributed by atoms with Gasteiger partial charge in [-0.05, 0) is 18.2 Å². The molecule has 0 saturated heterocycles. The summed E-state index contributed by atoms with van der Waals surface area (Å²) < 4.78 is 60.1. The summed E-state index contributed by atoms with van der Waals surface area (Å²) in [5, 5.41) is 0. The normalized spacial score (nSPS) is 12.6. The molecule has 1 rings (SSSR count). The molecule has 0 aliphatic heterocycles. The van der Waals surface area contributed by atoms with Gasteiger partial charge in [0.15, 0.2) is 0 Å². The van der Waals surface area contributed by atoms with Crippen molar-refractivity contribution in [3.8, 4) is 0 Å².